The van der Waals surface area contributed by atoms with Gasteiger partial charge in [-0.2, -0.15) is 0 Å². The van der Waals surface area contributed by atoms with Crippen molar-refractivity contribution in [2.45, 2.75) is 6.54 Å². The van der Waals surface area contributed by atoms with Gasteiger partial charge in [0.2, 0.25) is 0 Å². The van der Waals surface area contributed by atoms with E-state index in [1.165, 1.54) is 5.56 Å². The number of imidazole rings is 1. The van der Waals surface area contributed by atoms with Crippen molar-refractivity contribution in [1.82, 2.24) is 9.55 Å². The third-order valence-corrected chi connectivity index (χ3v) is 3.14. The van der Waals surface area contributed by atoms with Crippen LogP contribution in [-0.4, -0.2) is 9.55 Å². The monoisotopic (exact) mass is 337 g/mol. The summed E-state index contributed by atoms with van der Waals surface area (Å²) in [6, 6.07) is 18.4. The van der Waals surface area contributed by atoms with E-state index in [0.29, 0.717) is 4.79 Å². The van der Waals surface area contributed by atoms with Gasteiger partial charge >= 0.3 is 108 Å². The van der Waals surface area contributed by atoms with E-state index in [1.807, 2.05) is 36.4 Å². The minimum atomic E-state index is 0. The van der Waals surface area contributed by atoms with Gasteiger partial charge in [0.25, 0.3) is 0 Å². The first-order chi connectivity index (χ1) is 8.34. The molecule has 1 heterocycles. The van der Waals surface area contributed by atoms with Gasteiger partial charge in [0.1, 0.15) is 0 Å². The van der Waals surface area contributed by atoms with Gasteiger partial charge in [-0.25, -0.2) is 0 Å². The van der Waals surface area contributed by atoms with Gasteiger partial charge in [0.15, 0.2) is 0 Å². The number of halogens is 2. The van der Waals surface area contributed by atoms with Crippen LogP contribution in [0.15, 0.2) is 54.6 Å². The summed E-state index contributed by atoms with van der Waals surface area (Å²) in [4.78, 5) is 5.10. The van der Waals surface area contributed by atoms with Gasteiger partial charge in [0, 0.05) is 0 Å². The molecular weight excluding hydrogens is 326 g/mol. The first kappa shape index (κ1) is 16.0. The van der Waals surface area contributed by atoms with Crippen LogP contribution in [0.4, 0.5) is 0 Å². The zero-order valence-corrected chi connectivity index (χ0v) is 12.6. The average molecular weight is 339 g/mol. The second-order valence-electron chi connectivity index (χ2n) is 3.91. The maximum absolute atomic E-state index is 4.98. The van der Waals surface area contributed by atoms with Crippen LogP contribution in [0.1, 0.15) is 5.56 Å². The molecule has 2 aromatic carbocycles. The third-order valence-electron chi connectivity index (χ3n) is 2.77. The number of rotatable bonds is 2. The van der Waals surface area contributed by atoms with E-state index in [-0.39, 0.29) is 24.8 Å². The molecule has 0 bridgehead atoms. The minimum absolute atomic E-state index is 0. The molecule has 0 radical (unpaired) electrons. The van der Waals surface area contributed by atoms with Gasteiger partial charge in [-0.05, 0) is 0 Å². The first-order valence-electron chi connectivity index (χ1n) is 5.46. The summed E-state index contributed by atoms with van der Waals surface area (Å²) in [5, 5.41) is 0. The summed E-state index contributed by atoms with van der Waals surface area (Å²) < 4.78 is 2.09. The summed E-state index contributed by atoms with van der Waals surface area (Å²) in [5.74, 6) is 0. The van der Waals surface area contributed by atoms with Crippen molar-refractivity contribution in [1.29, 1.82) is 0 Å². The fourth-order valence-electron chi connectivity index (χ4n) is 1.94. The zero-order valence-electron chi connectivity index (χ0n) is 9.93. The van der Waals surface area contributed by atoms with Crippen molar-refractivity contribution in [2.24, 2.45) is 0 Å². The molecule has 0 amide bonds. The second kappa shape index (κ2) is 6.95. The van der Waals surface area contributed by atoms with E-state index in [9.17, 15) is 0 Å². The Kier molecular flexibility index (Phi) is 5.87. The molecule has 1 aromatic heterocycles. The van der Waals surface area contributed by atoms with Gasteiger partial charge in [-0.1, -0.05) is 0 Å². The fraction of sp³-hybridized carbons (Fsp3) is 0.0714. The molecule has 0 aliphatic carbocycles. The Bertz CT molecular complexity index is 653. The molecule has 0 atom stereocenters. The van der Waals surface area contributed by atoms with Gasteiger partial charge < -0.3 is 0 Å². The van der Waals surface area contributed by atoms with Crippen LogP contribution in [0, 0.1) is 0 Å². The Morgan fingerprint density at radius 2 is 1.53 bits per heavy atom. The van der Waals surface area contributed by atoms with Crippen LogP contribution in [0.3, 0.4) is 0 Å². The van der Waals surface area contributed by atoms with Crippen LogP contribution in [0.2, 0.25) is 0 Å². The van der Waals surface area contributed by atoms with Crippen molar-refractivity contribution in [3.63, 3.8) is 0 Å². The predicted octanol–water partition coefficient (Wildman–Crippen LogP) is 3.10. The molecule has 0 fully saturated rings. The summed E-state index contributed by atoms with van der Waals surface area (Å²) >= 11 is 4.98. The molecule has 0 aliphatic rings. The second-order valence-corrected chi connectivity index (χ2v) is 4.36. The summed E-state index contributed by atoms with van der Waals surface area (Å²) in [6.45, 7) is 0.788. The van der Waals surface area contributed by atoms with Gasteiger partial charge in [-0.3, -0.25) is 0 Å². The molecular formula is C14H13Cl2N2Ni. The molecule has 0 N–H and O–H groups in total. The Morgan fingerprint density at radius 1 is 0.895 bits per heavy atom. The van der Waals surface area contributed by atoms with Gasteiger partial charge in [0.05, 0.1) is 0 Å². The number of hydrogen-bond acceptors (Lipinski definition) is 1. The van der Waals surface area contributed by atoms with Crippen molar-refractivity contribution in [3.05, 3.63) is 60.2 Å². The molecule has 5 heteroatoms. The molecule has 0 aliphatic heterocycles. The molecule has 0 saturated carbocycles. The third kappa shape index (κ3) is 3.30. The van der Waals surface area contributed by atoms with Gasteiger partial charge in [-0.15, -0.1) is 24.8 Å². The number of benzene rings is 2. The first-order valence-corrected chi connectivity index (χ1v) is 5.95. The Balaban J connectivity index is 0.000000902. The van der Waals surface area contributed by atoms with Crippen molar-refractivity contribution >= 4 is 40.6 Å². The molecule has 19 heavy (non-hydrogen) atoms. The normalized spacial score (nSPS) is 9.79. The van der Waals surface area contributed by atoms with Crippen molar-refractivity contribution in [2.75, 3.05) is 0 Å². The van der Waals surface area contributed by atoms with Crippen LogP contribution >= 0.6 is 24.8 Å². The molecule has 0 unspecified atom stereocenters. The molecule has 0 saturated heterocycles. The molecule has 103 valence electrons. The number of nitrogens with zero attached hydrogens (tertiary/aromatic N) is 2. The SMILES string of the molecule is Cl.Cl.[Ni][c]1nc2ccccc2n1Cc1ccccc1. The summed E-state index contributed by atoms with van der Waals surface area (Å²) in [7, 11) is 0. The Hall–Kier alpha value is -1.02. The average Bonchev–Trinajstić information content (AvgIpc) is 2.68. The molecule has 0 spiro atoms. The summed E-state index contributed by atoms with van der Waals surface area (Å²) in [6.07, 6.45) is 0. The number of para-hydroxylation sites is 2. The quantitative estimate of drug-likeness (QED) is 0.657. The number of aromatic nitrogens is 2. The topological polar surface area (TPSA) is 17.8 Å². The van der Waals surface area contributed by atoms with E-state index in [2.05, 4.69) is 27.8 Å². The van der Waals surface area contributed by atoms with Crippen LogP contribution in [-0.2, 0) is 22.0 Å². The van der Waals surface area contributed by atoms with Crippen molar-refractivity contribution in [3.8, 4) is 0 Å². The standard InChI is InChI=1S/C14H11N2.2ClH.Ni/c1-2-6-12(7-3-1)10-16-11-15-13-8-4-5-9-14(13)16;;;/h1-9H,10H2;2*1H;. The summed E-state index contributed by atoms with van der Waals surface area (Å²) in [5.41, 5.74) is 3.33. The van der Waals surface area contributed by atoms with E-state index in [1.54, 1.807) is 0 Å². The van der Waals surface area contributed by atoms with Crippen LogP contribution in [0.5, 0.6) is 0 Å². The van der Waals surface area contributed by atoms with E-state index in [0.717, 1.165) is 17.6 Å². The zero-order chi connectivity index (χ0) is 11.7. The predicted molar refractivity (Wildman–Crippen MR) is 79.4 cm³/mol. The number of fused-ring (bicyclic) bond motifs is 1. The maximum atomic E-state index is 4.98. The van der Waals surface area contributed by atoms with E-state index < -0.39 is 0 Å². The molecule has 2 nitrogen and oxygen atoms in total. The van der Waals surface area contributed by atoms with E-state index in [4.69, 9.17) is 15.5 Å². The van der Waals surface area contributed by atoms with Crippen LogP contribution < -0.4 is 4.79 Å². The Morgan fingerprint density at radius 3 is 2.26 bits per heavy atom. The fourth-order valence-corrected chi connectivity index (χ4v) is 2.26. The van der Waals surface area contributed by atoms with E-state index >= 15 is 0 Å². The molecule has 3 aromatic rings. The van der Waals surface area contributed by atoms with Crippen LogP contribution in [0.25, 0.3) is 11.0 Å². The number of hydrogen-bond donors (Lipinski definition) is 0. The van der Waals surface area contributed by atoms with Crippen molar-refractivity contribution < 1.29 is 15.5 Å². The molecule has 3 rings (SSSR count). The Labute approximate surface area is 132 Å².